The highest BCUT2D eigenvalue weighted by Crippen LogP contribution is 2.19. The molecular weight excluding hydrogens is 294 g/mol. The van der Waals surface area contributed by atoms with Crippen molar-refractivity contribution in [2.24, 2.45) is 5.73 Å². The van der Waals surface area contributed by atoms with Gasteiger partial charge in [0.25, 0.3) is 5.91 Å². The summed E-state index contributed by atoms with van der Waals surface area (Å²) in [5.41, 5.74) is 4.95. The van der Waals surface area contributed by atoms with E-state index in [1.165, 1.54) is 0 Å². The fourth-order valence-corrected chi connectivity index (χ4v) is 1.71. The molecule has 0 heterocycles. The van der Waals surface area contributed by atoms with Crippen molar-refractivity contribution in [2.75, 3.05) is 6.54 Å². The molecule has 0 aromatic heterocycles. The van der Waals surface area contributed by atoms with E-state index in [0.717, 1.165) is 18.6 Å². The molecule has 0 radical (unpaired) electrons. The minimum absolute atomic E-state index is 0.338. The average molecular weight is 307 g/mol. The summed E-state index contributed by atoms with van der Waals surface area (Å²) in [4.78, 5) is 12.0. The van der Waals surface area contributed by atoms with Crippen LogP contribution in [0.5, 0.6) is 0 Å². The Morgan fingerprint density at radius 2 is 2.00 bits per heavy atom. The molecule has 1 aromatic carbocycles. The molecule has 1 aromatic rings. The van der Waals surface area contributed by atoms with Gasteiger partial charge in [-0.25, -0.2) is 8.78 Å². The minimum Gasteiger partial charge on any atom is -0.393 e. The van der Waals surface area contributed by atoms with E-state index in [-0.39, 0.29) is 10.6 Å². The van der Waals surface area contributed by atoms with E-state index in [9.17, 15) is 13.6 Å². The van der Waals surface area contributed by atoms with Crippen LogP contribution in [0, 0.1) is 11.6 Å². The highest BCUT2D eigenvalue weighted by Gasteiger charge is 2.14. The summed E-state index contributed by atoms with van der Waals surface area (Å²) in [6.45, 7) is 0.338. The van der Waals surface area contributed by atoms with Crippen LogP contribution in [0.25, 0.3) is 0 Å². The maximum absolute atomic E-state index is 13.4. The number of rotatable bonds is 6. The first-order chi connectivity index (χ1) is 8.91. The fraction of sp³-hybridized carbons (Fsp3) is 0.333. The number of nitrogens with one attached hydrogen (secondary N) is 1. The zero-order valence-corrected chi connectivity index (χ0v) is 11.6. The number of carbonyl (C=O) groups excluding carboxylic acids is 1. The first-order valence-corrected chi connectivity index (χ1v) is 6.41. The Bertz CT molecular complexity index is 497. The fourth-order valence-electron chi connectivity index (χ4n) is 1.42. The van der Waals surface area contributed by atoms with E-state index >= 15 is 0 Å². The molecule has 0 fully saturated rings. The number of nitrogens with two attached hydrogens (primary N) is 1. The summed E-state index contributed by atoms with van der Waals surface area (Å²) in [7, 11) is 0. The van der Waals surface area contributed by atoms with Gasteiger partial charge in [0.15, 0.2) is 0 Å². The summed E-state index contributed by atoms with van der Waals surface area (Å²) in [5.74, 6) is -2.36. The van der Waals surface area contributed by atoms with E-state index in [2.05, 4.69) is 5.32 Å². The van der Waals surface area contributed by atoms with Crippen LogP contribution in [0.15, 0.2) is 12.1 Å². The van der Waals surface area contributed by atoms with Gasteiger partial charge < -0.3 is 11.1 Å². The Morgan fingerprint density at radius 1 is 1.32 bits per heavy atom. The van der Waals surface area contributed by atoms with Gasteiger partial charge in [-0.1, -0.05) is 23.8 Å². The predicted molar refractivity (Wildman–Crippen MR) is 74.3 cm³/mol. The van der Waals surface area contributed by atoms with Crippen molar-refractivity contribution in [3.63, 3.8) is 0 Å². The SMILES string of the molecule is NC(=S)CCCCNC(=O)c1cc(F)c(Cl)cc1F. The lowest BCUT2D eigenvalue weighted by molar-refractivity contribution is 0.0948. The second-order valence-electron chi connectivity index (χ2n) is 3.93. The highest BCUT2D eigenvalue weighted by molar-refractivity contribution is 7.80. The summed E-state index contributed by atoms with van der Waals surface area (Å²) >= 11 is 10.1. The van der Waals surface area contributed by atoms with Gasteiger partial charge >= 0.3 is 0 Å². The van der Waals surface area contributed by atoms with Crippen molar-refractivity contribution in [2.45, 2.75) is 19.3 Å². The highest BCUT2D eigenvalue weighted by atomic mass is 35.5. The molecule has 3 nitrogen and oxygen atoms in total. The van der Waals surface area contributed by atoms with Gasteiger partial charge in [0, 0.05) is 6.54 Å². The van der Waals surface area contributed by atoms with E-state index in [1.807, 2.05) is 0 Å². The summed E-state index contributed by atoms with van der Waals surface area (Å²) in [6, 6.07) is 1.56. The first kappa shape index (κ1) is 15.8. The molecule has 0 aliphatic carbocycles. The van der Waals surface area contributed by atoms with Gasteiger partial charge in [0.1, 0.15) is 11.6 Å². The molecule has 0 spiro atoms. The van der Waals surface area contributed by atoms with Crippen molar-refractivity contribution < 1.29 is 13.6 Å². The predicted octanol–water partition coefficient (Wildman–Crippen LogP) is 2.80. The molecule has 0 saturated heterocycles. The lowest BCUT2D eigenvalue weighted by atomic mass is 10.2. The van der Waals surface area contributed by atoms with Gasteiger partial charge in [-0.15, -0.1) is 0 Å². The number of unbranched alkanes of at least 4 members (excludes halogenated alkanes) is 1. The summed E-state index contributed by atoms with van der Waals surface area (Å²) in [6.07, 6.45) is 1.98. The molecule has 0 aliphatic heterocycles. The molecule has 0 bridgehead atoms. The number of hydrogen-bond acceptors (Lipinski definition) is 2. The van der Waals surface area contributed by atoms with Crippen LogP contribution in [0.2, 0.25) is 5.02 Å². The third-order valence-electron chi connectivity index (χ3n) is 2.39. The van der Waals surface area contributed by atoms with Gasteiger partial charge in [-0.2, -0.15) is 0 Å². The first-order valence-electron chi connectivity index (χ1n) is 5.63. The summed E-state index contributed by atoms with van der Waals surface area (Å²) < 4.78 is 26.6. The molecule has 1 rings (SSSR count). The minimum atomic E-state index is -0.855. The quantitative estimate of drug-likeness (QED) is 0.483. The Balaban J connectivity index is 2.50. The standard InChI is InChI=1S/C12H13ClF2N2OS/c13-8-6-9(14)7(5-10(8)15)12(18)17-4-2-1-3-11(16)19/h5-6H,1-4H2,(H2,16,19)(H,17,18). The molecular formula is C12H13ClF2N2OS. The van der Waals surface area contributed by atoms with Gasteiger partial charge in [0.05, 0.1) is 15.6 Å². The molecule has 3 N–H and O–H groups in total. The van der Waals surface area contributed by atoms with Crippen LogP contribution in [-0.4, -0.2) is 17.4 Å². The van der Waals surface area contributed by atoms with Crippen LogP contribution in [0.1, 0.15) is 29.6 Å². The van der Waals surface area contributed by atoms with Crippen molar-refractivity contribution in [3.05, 3.63) is 34.4 Å². The lowest BCUT2D eigenvalue weighted by Crippen LogP contribution is -2.25. The van der Waals surface area contributed by atoms with E-state index in [1.54, 1.807) is 0 Å². The van der Waals surface area contributed by atoms with Crippen LogP contribution in [0.4, 0.5) is 8.78 Å². The Hall–Kier alpha value is -1.27. The normalized spacial score (nSPS) is 10.3. The number of hydrogen-bond donors (Lipinski definition) is 2. The number of carbonyl (C=O) groups is 1. The number of benzene rings is 1. The number of amides is 1. The monoisotopic (exact) mass is 306 g/mol. The van der Waals surface area contributed by atoms with E-state index < -0.39 is 17.5 Å². The number of halogens is 3. The smallest absolute Gasteiger partial charge is 0.254 e. The average Bonchev–Trinajstić information content (AvgIpc) is 2.32. The molecule has 104 valence electrons. The lowest BCUT2D eigenvalue weighted by Gasteiger charge is -2.06. The van der Waals surface area contributed by atoms with Crippen molar-refractivity contribution in [3.8, 4) is 0 Å². The molecule has 19 heavy (non-hydrogen) atoms. The molecule has 0 atom stereocenters. The maximum Gasteiger partial charge on any atom is 0.254 e. The Labute approximate surface area is 120 Å². The topological polar surface area (TPSA) is 55.1 Å². The van der Waals surface area contributed by atoms with E-state index in [4.69, 9.17) is 29.6 Å². The zero-order valence-electron chi connectivity index (χ0n) is 10.0. The van der Waals surface area contributed by atoms with Crippen LogP contribution >= 0.6 is 23.8 Å². The summed E-state index contributed by atoms with van der Waals surface area (Å²) in [5, 5.41) is 2.13. The number of thiocarbonyl (C=S) groups is 1. The van der Waals surface area contributed by atoms with Crippen LogP contribution in [-0.2, 0) is 0 Å². The molecule has 7 heteroatoms. The van der Waals surface area contributed by atoms with Gasteiger partial charge in [-0.3, -0.25) is 4.79 Å². The third-order valence-corrected chi connectivity index (χ3v) is 2.88. The van der Waals surface area contributed by atoms with Crippen LogP contribution in [0.3, 0.4) is 0 Å². The van der Waals surface area contributed by atoms with Crippen molar-refractivity contribution >= 4 is 34.7 Å². The Kier molecular flexibility index (Phi) is 6.11. The molecule has 0 unspecified atom stereocenters. The molecule has 0 saturated carbocycles. The van der Waals surface area contributed by atoms with Gasteiger partial charge in [-0.05, 0) is 31.4 Å². The second kappa shape index (κ2) is 7.35. The van der Waals surface area contributed by atoms with Crippen molar-refractivity contribution in [1.29, 1.82) is 0 Å². The molecule has 0 aliphatic rings. The Morgan fingerprint density at radius 3 is 2.63 bits per heavy atom. The van der Waals surface area contributed by atoms with Gasteiger partial charge in [0.2, 0.25) is 0 Å². The third kappa shape index (κ3) is 5.08. The van der Waals surface area contributed by atoms with Crippen LogP contribution < -0.4 is 11.1 Å². The van der Waals surface area contributed by atoms with Crippen molar-refractivity contribution in [1.82, 2.24) is 5.32 Å². The largest absolute Gasteiger partial charge is 0.393 e. The maximum atomic E-state index is 13.4. The van der Waals surface area contributed by atoms with E-state index in [0.29, 0.717) is 24.4 Å². The molecule has 1 amide bonds. The zero-order chi connectivity index (χ0) is 14.4. The second-order valence-corrected chi connectivity index (χ2v) is 4.86.